The molecule has 0 unspecified atom stereocenters. The largest absolute Gasteiger partial charge is 0.493 e. The number of para-hydroxylation sites is 1. The van der Waals surface area contributed by atoms with Gasteiger partial charge in [0.1, 0.15) is 0 Å². The molecule has 27 heavy (non-hydrogen) atoms. The van der Waals surface area contributed by atoms with E-state index in [0.717, 1.165) is 11.1 Å². The van der Waals surface area contributed by atoms with Crippen LogP contribution in [-0.4, -0.2) is 38.6 Å². The zero-order chi connectivity index (χ0) is 20.0. The van der Waals surface area contributed by atoms with Gasteiger partial charge in [-0.3, -0.25) is 9.69 Å². The monoisotopic (exact) mass is 410 g/mol. The Hall–Kier alpha value is -1.95. The fourth-order valence-corrected chi connectivity index (χ4v) is 3.46. The minimum atomic E-state index is -0.220. The van der Waals surface area contributed by atoms with Crippen LogP contribution in [0, 0.1) is 0 Å². The lowest BCUT2D eigenvalue weighted by Gasteiger charge is -2.21. The van der Waals surface area contributed by atoms with Crippen molar-refractivity contribution in [3.8, 4) is 11.5 Å². The molecular weight excluding hydrogens is 387 g/mol. The molecule has 0 saturated heterocycles. The van der Waals surface area contributed by atoms with Gasteiger partial charge in [0.15, 0.2) is 11.5 Å². The second-order valence-electron chi connectivity index (χ2n) is 6.28. The predicted molar refractivity (Wildman–Crippen MR) is 109 cm³/mol. The molecule has 0 fully saturated rings. The fraction of sp³-hybridized carbons (Fsp3) is 0.350. The maximum atomic E-state index is 12.4. The Morgan fingerprint density at radius 1 is 1.19 bits per heavy atom. The highest BCUT2D eigenvalue weighted by Gasteiger charge is 2.16. The van der Waals surface area contributed by atoms with Crippen molar-refractivity contribution in [1.82, 2.24) is 10.2 Å². The number of carbonyl (C=O) groups is 1. The summed E-state index contributed by atoms with van der Waals surface area (Å²) >= 11 is 12.1. The molecule has 0 bridgehead atoms. The van der Waals surface area contributed by atoms with Crippen molar-refractivity contribution in [1.29, 1.82) is 0 Å². The molecule has 0 aliphatic rings. The van der Waals surface area contributed by atoms with Crippen molar-refractivity contribution in [2.24, 2.45) is 0 Å². The first-order chi connectivity index (χ1) is 12.8. The third-order valence-electron chi connectivity index (χ3n) is 4.14. The number of benzene rings is 2. The molecule has 7 heteroatoms. The van der Waals surface area contributed by atoms with E-state index in [1.807, 2.05) is 43.1 Å². The zero-order valence-corrected chi connectivity index (χ0v) is 17.4. The van der Waals surface area contributed by atoms with E-state index in [1.165, 1.54) is 0 Å². The third kappa shape index (κ3) is 5.76. The average molecular weight is 411 g/mol. The molecule has 2 rings (SSSR count). The van der Waals surface area contributed by atoms with Crippen LogP contribution in [-0.2, 0) is 11.3 Å². The quantitative estimate of drug-likeness (QED) is 0.703. The van der Waals surface area contributed by atoms with E-state index in [4.69, 9.17) is 32.7 Å². The molecule has 0 aliphatic heterocycles. The highest BCUT2D eigenvalue weighted by atomic mass is 35.5. The first kappa shape index (κ1) is 21.4. The number of hydrogen-bond acceptors (Lipinski definition) is 4. The number of amides is 1. The summed E-state index contributed by atoms with van der Waals surface area (Å²) in [4.78, 5) is 14.3. The van der Waals surface area contributed by atoms with Gasteiger partial charge in [-0.1, -0.05) is 41.4 Å². The second-order valence-corrected chi connectivity index (χ2v) is 7.12. The third-order valence-corrected chi connectivity index (χ3v) is 4.71. The van der Waals surface area contributed by atoms with E-state index < -0.39 is 0 Å². The number of rotatable bonds is 8. The highest BCUT2D eigenvalue weighted by Crippen LogP contribution is 2.31. The lowest BCUT2D eigenvalue weighted by molar-refractivity contribution is -0.122. The van der Waals surface area contributed by atoms with Gasteiger partial charge in [-0.05, 0) is 37.7 Å². The molecule has 146 valence electrons. The van der Waals surface area contributed by atoms with Gasteiger partial charge in [0.25, 0.3) is 0 Å². The number of hydrogen-bond donors (Lipinski definition) is 1. The summed E-state index contributed by atoms with van der Waals surface area (Å²) in [5, 5.41) is 4.06. The van der Waals surface area contributed by atoms with Gasteiger partial charge >= 0.3 is 0 Å². The smallest absolute Gasteiger partial charge is 0.234 e. The normalized spacial score (nSPS) is 12.0. The van der Waals surface area contributed by atoms with Crippen molar-refractivity contribution < 1.29 is 14.3 Å². The zero-order valence-electron chi connectivity index (χ0n) is 15.9. The van der Waals surface area contributed by atoms with E-state index in [2.05, 4.69) is 5.32 Å². The lowest BCUT2D eigenvalue weighted by atomic mass is 10.1. The lowest BCUT2D eigenvalue weighted by Crippen LogP contribution is -2.36. The summed E-state index contributed by atoms with van der Waals surface area (Å²) < 4.78 is 10.8. The standard InChI is InChI=1S/C20H24Cl2N2O3/c1-13(16-9-8-15(21)10-17(16)22)23-19(25)12-24(2)11-14-6-5-7-18(26-3)20(14)27-4/h5-10,13H,11-12H2,1-4H3,(H,23,25)/t13-/m1/s1. The number of likely N-dealkylation sites (N-methyl/N-ethyl adjacent to an activating group) is 1. The molecule has 0 radical (unpaired) electrons. The van der Waals surface area contributed by atoms with E-state index in [-0.39, 0.29) is 18.5 Å². The Bertz CT molecular complexity index is 799. The number of ether oxygens (including phenoxy) is 2. The van der Waals surface area contributed by atoms with E-state index in [1.54, 1.807) is 26.4 Å². The Labute approximate surface area is 170 Å². The van der Waals surface area contributed by atoms with Crippen LogP contribution in [0.4, 0.5) is 0 Å². The minimum absolute atomic E-state index is 0.0992. The summed E-state index contributed by atoms with van der Waals surface area (Å²) in [6.07, 6.45) is 0. The van der Waals surface area contributed by atoms with Crippen molar-refractivity contribution in [2.75, 3.05) is 27.8 Å². The summed E-state index contributed by atoms with van der Waals surface area (Å²) in [6, 6.07) is 10.7. The molecule has 2 aromatic carbocycles. The molecule has 1 atom stereocenters. The van der Waals surface area contributed by atoms with E-state index in [0.29, 0.717) is 28.1 Å². The van der Waals surface area contributed by atoms with Crippen LogP contribution < -0.4 is 14.8 Å². The van der Waals surface area contributed by atoms with E-state index >= 15 is 0 Å². The Balaban J connectivity index is 1.97. The molecule has 1 amide bonds. The number of methoxy groups -OCH3 is 2. The molecule has 2 aromatic rings. The van der Waals surface area contributed by atoms with Gasteiger partial charge in [0.2, 0.25) is 5.91 Å². The topological polar surface area (TPSA) is 50.8 Å². The fourth-order valence-electron chi connectivity index (χ4n) is 2.89. The van der Waals surface area contributed by atoms with Crippen LogP contribution in [0.25, 0.3) is 0 Å². The van der Waals surface area contributed by atoms with Gasteiger partial charge < -0.3 is 14.8 Å². The summed E-state index contributed by atoms with van der Waals surface area (Å²) in [7, 11) is 5.08. The molecule has 0 spiro atoms. The Kier molecular flexibility index (Phi) is 7.78. The first-order valence-corrected chi connectivity index (χ1v) is 9.24. The SMILES string of the molecule is COc1cccc(CN(C)CC(=O)N[C@H](C)c2ccc(Cl)cc2Cl)c1OC. The molecule has 0 saturated carbocycles. The Morgan fingerprint density at radius 3 is 2.56 bits per heavy atom. The average Bonchev–Trinajstić information content (AvgIpc) is 2.60. The molecule has 0 aliphatic carbocycles. The van der Waals surface area contributed by atoms with Crippen LogP contribution in [0.2, 0.25) is 10.0 Å². The van der Waals surface area contributed by atoms with Gasteiger partial charge in [0.05, 0.1) is 26.8 Å². The maximum absolute atomic E-state index is 12.4. The molecular formula is C20H24Cl2N2O3. The van der Waals surface area contributed by atoms with Gasteiger partial charge in [0, 0.05) is 22.2 Å². The first-order valence-electron chi connectivity index (χ1n) is 8.48. The van der Waals surface area contributed by atoms with Gasteiger partial charge in [-0.15, -0.1) is 0 Å². The summed E-state index contributed by atoms with van der Waals surface area (Å²) in [6.45, 7) is 2.66. The predicted octanol–water partition coefficient (Wildman–Crippen LogP) is 4.32. The van der Waals surface area contributed by atoms with Crippen molar-refractivity contribution in [3.63, 3.8) is 0 Å². The highest BCUT2D eigenvalue weighted by molar-refractivity contribution is 6.35. The van der Waals surface area contributed by atoms with Gasteiger partial charge in [-0.2, -0.15) is 0 Å². The van der Waals surface area contributed by atoms with E-state index in [9.17, 15) is 4.79 Å². The second kappa shape index (κ2) is 9.83. The van der Waals surface area contributed by atoms with Crippen LogP contribution >= 0.6 is 23.2 Å². The van der Waals surface area contributed by atoms with Crippen molar-refractivity contribution in [2.45, 2.75) is 19.5 Å². The molecule has 0 heterocycles. The molecule has 0 aromatic heterocycles. The maximum Gasteiger partial charge on any atom is 0.234 e. The van der Waals surface area contributed by atoms with Crippen LogP contribution in [0.5, 0.6) is 11.5 Å². The van der Waals surface area contributed by atoms with Crippen LogP contribution in [0.3, 0.4) is 0 Å². The number of nitrogens with one attached hydrogen (secondary N) is 1. The molecule has 5 nitrogen and oxygen atoms in total. The minimum Gasteiger partial charge on any atom is -0.493 e. The summed E-state index contributed by atoms with van der Waals surface area (Å²) in [5.74, 6) is 1.24. The molecule has 1 N–H and O–H groups in total. The van der Waals surface area contributed by atoms with Gasteiger partial charge in [-0.25, -0.2) is 0 Å². The Morgan fingerprint density at radius 2 is 1.93 bits per heavy atom. The number of nitrogens with zero attached hydrogens (tertiary/aromatic N) is 1. The number of halogens is 2. The summed E-state index contributed by atoms with van der Waals surface area (Å²) in [5.41, 5.74) is 1.77. The van der Waals surface area contributed by atoms with Crippen LogP contribution in [0.15, 0.2) is 36.4 Å². The van der Waals surface area contributed by atoms with Crippen LogP contribution in [0.1, 0.15) is 24.1 Å². The van der Waals surface area contributed by atoms with Crippen molar-refractivity contribution >= 4 is 29.1 Å². The van der Waals surface area contributed by atoms with Crippen molar-refractivity contribution in [3.05, 3.63) is 57.6 Å². The number of carbonyl (C=O) groups excluding carboxylic acids is 1.